The molecule has 1 atom stereocenters. The van der Waals surface area contributed by atoms with E-state index >= 15 is 0 Å². The van der Waals surface area contributed by atoms with E-state index in [1.165, 1.54) is 18.8 Å². The molecule has 0 aromatic heterocycles. The van der Waals surface area contributed by atoms with E-state index in [9.17, 15) is 0 Å². The lowest BCUT2D eigenvalue weighted by molar-refractivity contribution is 0.140. The third-order valence-corrected chi connectivity index (χ3v) is 5.90. The summed E-state index contributed by atoms with van der Waals surface area (Å²) in [4.78, 5) is 12.3. The van der Waals surface area contributed by atoms with E-state index in [0.717, 1.165) is 70.5 Å². The summed E-state index contributed by atoms with van der Waals surface area (Å²) in [5.41, 5.74) is 1.17. The highest BCUT2D eigenvalue weighted by molar-refractivity contribution is 14.0. The highest BCUT2D eigenvalue weighted by Gasteiger charge is 2.25. The molecule has 0 bridgehead atoms. The second kappa shape index (κ2) is 13.2. The summed E-state index contributed by atoms with van der Waals surface area (Å²) in [7, 11) is 1.74. The van der Waals surface area contributed by atoms with E-state index in [1.807, 2.05) is 12.1 Å². The number of aliphatic imine (C=N–C) groups is 1. The van der Waals surface area contributed by atoms with Crippen LogP contribution in [0.2, 0.25) is 0 Å². The van der Waals surface area contributed by atoms with Crippen molar-refractivity contribution in [2.75, 3.05) is 77.5 Å². The average Bonchev–Trinajstić information content (AvgIpc) is 3.22. The number of rotatable bonds is 8. The number of nitrogens with one attached hydrogen (secondary N) is 2. The fourth-order valence-electron chi connectivity index (χ4n) is 4.13. The maximum absolute atomic E-state index is 5.53. The standard InChI is InChI=1S/C22H38N6O.HI/c1-4-23-22(24-11-13-27-16-14-26(5-2)15-17-27)25-19-10-12-28(18-19)20-8-6-7-9-21(20)29-3;/h6-9,19H,4-5,10-18H2,1-3H3,(H2,23,24,25);1H. The van der Waals surface area contributed by atoms with Crippen molar-refractivity contribution in [2.45, 2.75) is 26.3 Å². The Bertz CT molecular complexity index is 650. The van der Waals surface area contributed by atoms with Crippen LogP contribution in [0.3, 0.4) is 0 Å². The van der Waals surface area contributed by atoms with Gasteiger partial charge >= 0.3 is 0 Å². The number of halogens is 1. The third kappa shape index (κ3) is 7.16. The Morgan fingerprint density at radius 1 is 1.10 bits per heavy atom. The minimum absolute atomic E-state index is 0. The van der Waals surface area contributed by atoms with Gasteiger partial charge in [0, 0.05) is 58.4 Å². The molecular weight excluding hydrogens is 491 g/mol. The highest BCUT2D eigenvalue weighted by Crippen LogP contribution is 2.30. The molecule has 170 valence electrons. The summed E-state index contributed by atoms with van der Waals surface area (Å²) in [5, 5.41) is 7.05. The van der Waals surface area contributed by atoms with Crippen LogP contribution in [0.1, 0.15) is 20.3 Å². The molecule has 1 aromatic rings. The zero-order chi connectivity index (χ0) is 20.5. The van der Waals surface area contributed by atoms with Crippen molar-refractivity contribution in [3.8, 4) is 5.75 Å². The summed E-state index contributed by atoms with van der Waals surface area (Å²) < 4.78 is 5.53. The largest absolute Gasteiger partial charge is 0.495 e. The topological polar surface area (TPSA) is 55.4 Å². The molecule has 0 aliphatic carbocycles. The number of nitrogens with zero attached hydrogens (tertiary/aromatic N) is 4. The average molecular weight is 530 g/mol. The molecular formula is C22H39IN6O. The molecule has 2 fully saturated rings. The van der Waals surface area contributed by atoms with Crippen molar-refractivity contribution in [1.82, 2.24) is 20.4 Å². The molecule has 3 rings (SSSR count). The van der Waals surface area contributed by atoms with Crippen LogP contribution in [0.5, 0.6) is 5.75 Å². The molecule has 1 unspecified atom stereocenters. The number of benzene rings is 1. The number of likely N-dealkylation sites (N-methyl/N-ethyl adjacent to an activating group) is 1. The number of para-hydroxylation sites is 2. The molecule has 7 nitrogen and oxygen atoms in total. The minimum atomic E-state index is 0. The van der Waals surface area contributed by atoms with Crippen molar-refractivity contribution < 1.29 is 4.74 Å². The van der Waals surface area contributed by atoms with Crippen molar-refractivity contribution in [1.29, 1.82) is 0 Å². The van der Waals surface area contributed by atoms with Gasteiger partial charge in [-0.05, 0) is 32.0 Å². The van der Waals surface area contributed by atoms with E-state index in [4.69, 9.17) is 9.73 Å². The lowest BCUT2D eigenvalue weighted by Gasteiger charge is -2.33. The molecule has 1 aromatic carbocycles. The molecule has 2 N–H and O–H groups in total. The Balaban J connectivity index is 0.00000320. The second-order valence-electron chi connectivity index (χ2n) is 7.78. The van der Waals surface area contributed by atoms with Gasteiger partial charge in [-0.3, -0.25) is 9.89 Å². The Kier molecular flexibility index (Phi) is 11.0. The monoisotopic (exact) mass is 530 g/mol. The summed E-state index contributed by atoms with van der Waals surface area (Å²) in [5.74, 6) is 1.88. The third-order valence-electron chi connectivity index (χ3n) is 5.90. The van der Waals surface area contributed by atoms with Crippen molar-refractivity contribution >= 4 is 35.6 Å². The fraction of sp³-hybridized carbons (Fsp3) is 0.682. The Morgan fingerprint density at radius 2 is 1.83 bits per heavy atom. The summed E-state index contributed by atoms with van der Waals surface area (Å²) >= 11 is 0. The smallest absolute Gasteiger partial charge is 0.191 e. The minimum Gasteiger partial charge on any atom is -0.495 e. The predicted octanol–water partition coefficient (Wildman–Crippen LogP) is 2.08. The van der Waals surface area contributed by atoms with Crippen molar-refractivity contribution in [3.05, 3.63) is 24.3 Å². The zero-order valence-electron chi connectivity index (χ0n) is 18.8. The van der Waals surface area contributed by atoms with Gasteiger partial charge in [0.1, 0.15) is 5.75 Å². The van der Waals surface area contributed by atoms with Gasteiger partial charge in [-0.1, -0.05) is 19.1 Å². The normalized spacial score (nSPS) is 20.7. The van der Waals surface area contributed by atoms with E-state index < -0.39 is 0 Å². The highest BCUT2D eigenvalue weighted by atomic mass is 127. The maximum Gasteiger partial charge on any atom is 0.191 e. The van der Waals surface area contributed by atoms with Crippen LogP contribution in [0, 0.1) is 0 Å². The van der Waals surface area contributed by atoms with Crippen LogP contribution in [0.25, 0.3) is 0 Å². The summed E-state index contributed by atoms with van der Waals surface area (Å²) in [6.07, 6.45) is 1.10. The number of piperazine rings is 1. The predicted molar refractivity (Wildman–Crippen MR) is 137 cm³/mol. The molecule has 0 spiro atoms. The first kappa shape index (κ1) is 25.0. The van der Waals surface area contributed by atoms with E-state index in [-0.39, 0.29) is 24.0 Å². The quantitative estimate of drug-likeness (QED) is 0.305. The lowest BCUT2D eigenvalue weighted by Crippen LogP contribution is -2.47. The summed E-state index contributed by atoms with van der Waals surface area (Å²) in [6, 6.07) is 8.66. The van der Waals surface area contributed by atoms with E-state index in [0.29, 0.717) is 6.04 Å². The molecule has 2 aliphatic heterocycles. The molecule has 0 radical (unpaired) electrons. The number of guanidine groups is 1. The van der Waals surface area contributed by atoms with Crippen LogP contribution in [-0.4, -0.2) is 94.4 Å². The van der Waals surface area contributed by atoms with Crippen LogP contribution in [0.15, 0.2) is 29.3 Å². The van der Waals surface area contributed by atoms with Crippen molar-refractivity contribution in [3.63, 3.8) is 0 Å². The van der Waals surface area contributed by atoms with Crippen molar-refractivity contribution in [2.24, 2.45) is 4.99 Å². The maximum atomic E-state index is 5.53. The van der Waals surface area contributed by atoms with Crippen LogP contribution < -0.4 is 20.3 Å². The first-order valence-corrected chi connectivity index (χ1v) is 11.1. The molecule has 2 heterocycles. The van der Waals surface area contributed by atoms with Gasteiger partial charge in [-0.2, -0.15) is 0 Å². The first-order chi connectivity index (χ1) is 14.2. The SMILES string of the molecule is CCNC(=NCCN1CCN(CC)CC1)NC1CCN(c2ccccc2OC)C1.I. The van der Waals surface area contributed by atoms with Gasteiger partial charge in [0.25, 0.3) is 0 Å². The van der Waals surface area contributed by atoms with Gasteiger partial charge < -0.3 is 25.2 Å². The van der Waals surface area contributed by atoms with Gasteiger partial charge in [0.05, 0.1) is 19.3 Å². The number of ether oxygens (including phenoxy) is 1. The number of anilines is 1. The number of hydrogen-bond acceptors (Lipinski definition) is 5. The Labute approximate surface area is 199 Å². The van der Waals surface area contributed by atoms with Gasteiger partial charge in [-0.25, -0.2) is 0 Å². The van der Waals surface area contributed by atoms with E-state index in [2.05, 4.69) is 51.3 Å². The number of hydrogen-bond donors (Lipinski definition) is 2. The Morgan fingerprint density at radius 3 is 2.53 bits per heavy atom. The molecule has 0 saturated carbocycles. The Hall–Kier alpha value is -1.26. The molecule has 2 aliphatic rings. The molecule has 30 heavy (non-hydrogen) atoms. The summed E-state index contributed by atoms with van der Waals surface area (Å²) in [6.45, 7) is 14.9. The van der Waals surface area contributed by atoms with Gasteiger partial charge in [0.15, 0.2) is 5.96 Å². The number of methoxy groups -OCH3 is 1. The van der Waals surface area contributed by atoms with Crippen LogP contribution in [0.4, 0.5) is 5.69 Å². The lowest BCUT2D eigenvalue weighted by atomic mass is 10.2. The first-order valence-electron chi connectivity index (χ1n) is 11.1. The van der Waals surface area contributed by atoms with Crippen LogP contribution >= 0.6 is 24.0 Å². The molecule has 0 amide bonds. The van der Waals surface area contributed by atoms with E-state index in [1.54, 1.807) is 7.11 Å². The molecule has 2 saturated heterocycles. The second-order valence-corrected chi connectivity index (χ2v) is 7.78. The fourth-order valence-corrected chi connectivity index (χ4v) is 4.13. The van der Waals surface area contributed by atoms with Gasteiger partial charge in [-0.15, -0.1) is 24.0 Å². The zero-order valence-corrected chi connectivity index (χ0v) is 21.1. The van der Waals surface area contributed by atoms with Gasteiger partial charge in [0.2, 0.25) is 0 Å². The van der Waals surface area contributed by atoms with Crippen LogP contribution in [-0.2, 0) is 0 Å². The molecule has 8 heteroatoms.